The van der Waals surface area contributed by atoms with Gasteiger partial charge in [0.2, 0.25) is 0 Å². The van der Waals surface area contributed by atoms with E-state index in [1.807, 2.05) is 38.1 Å². The van der Waals surface area contributed by atoms with E-state index in [0.717, 1.165) is 24.0 Å². The average molecular weight is 248 g/mol. The number of benzene rings is 1. The van der Waals surface area contributed by atoms with Crippen LogP contribution >= 0.6 is 0 Å². The first-order valence-corrected chi connectivity index (χ1v) is 6.33. The zero-order valence-corrected chi connectivity index (χ0v) is 11.1. The molecule has 0 heterocycles. The van der Waals surface area contributed by atoms with Crippen LogP contribution < -0.4 is 0 Å². The molecular weight excluding hydrogens is 228 g/mol. The Morgan fingerprint density at radius 1 is 1.33 bits per heavy atom. The van der Waals surface area contributed by atoms with Crippen LogP contribution in [0.3, 0.4) is 0 Å². The largest absolute Gasteiger partial charge is 0.468 e. The van der Waals surface area contributed by atoms with Gasteiger partial charge >= 0.3 is 5.97 Å². The van der Waals surface area contributed by atoms with Gasteiger partial charge in [-0.1, -0.05) is 24.3 Å². The number of esters is 1. The quantitative estimate of drug-likeness (QED) is 0.833. The van der Waals surface area contributed by atoms with Gasteiger partial charge in [-0.2, -0.15) is 0 Å². The van der Waals surface area contributed by atoms with Gasteiger partial charge in [-0.25, -0.2) is 0 Å². The third-order valence-electron chi connectivity index (χ3n) is 3.74. The number of methoxy groups -OCH3 is 1. The van der Waals surface area contributed by atoms with Crippen molar-refractivity contribution < 1.29 is 14.6 Å². The zero-order chi connectivity index (χ0) is 13.3. The van der Waals surface area contributed by atoms with Crippen LogP contribution in [0.5, 0.6) is 0 Å². The maximum atomic E-state index is 11.7. The standard InChI is InChI=1S/C15H20O3/c1-15(2,14(17)18-3)12-8-6-11(7-9-12)13(16)10-4-5-10/h6-10,13,16H,4-5H2,1-3H3. The van der Waals surface area contributed by atoms with Crippen LogP contribution in [0.4, 0.5) is 0 Å². The normalized spacial score (nSPS) is 17.3. The molecule has 1 N–H and O–H groups in total. The molecule has 2 rings (SSSR count). The zero-order valence-electron chi connectivity index (χ0n) is 11.1. The van der Waals surface area contributed by atoms with E-state index in [9.17, 15) is 9.90 Å². The van der Waals surface area contributed by atoms with Crippen molar-refractivity contribution in [1.29, 1.82) is 0 Å². The summed E-state index contributed by atoms with van der Waals surface area (Å²) >= 11 is 0. The van der Waals surface area contributed by atoms with Crippen molar-refractivity contribution in [3.05, 3.63) is 35.4 Å². The Balaban J connectivity index is 2.18. The third kappa shape index (κ3) is 2.41. The van der Waals surface area contributed by atoms with Gasteiger partial charge in [0.1, 0.15) is 0 Å². The molecule has 1 aromatic rings. The smallest absolute Gasteiger partial charge is 0.315 e. The van der Waals surface area contributed by atoms with Gasteiger partial charge in [-0.3, -0.25) is 4.79 Å². The van der Waals surface area contributed by atoms with Crippen LogP contribution in [0.2, 0.25) is 0 Å². The van der Waals surface area contributed by atoms with Crippen LogP contribution in [0, 0.1) is 5.92 Å². The molecule has 1 atom stereocenters. The van der Waals surface area contributed by atoms with Crippen molar-refractivity contribution >= 4 is 5.97 Å². The molecule has 0 spiro atoms. The summed E-state index contributed by atoms with van der Waals surface area (Å²) in [5, 5.41) is 10.0. The summed E-state index contributed by atoms with van der Waals surface area (Å²) in [7, 11) is 1.40. The molecule has 0 aliphatic heterocycles. The molecule has 18 heavy (non-hydrogen) atoms. The van der Waals surface area contributed by atoms with Crippen LogP contribution in [0.1, 0.15) is 43.9 Å². The number of hydrogen-bond acceptors (Lipinski definition) is 3. The second kappa shape index (κ2) is 4.73. The summed E-state index contributed by atoms with van der Waals surface area (Å²) < 4.78 is 4.81. The maximum Gasteiger partial charge on any atom is 0.315 e. The van der Waals surface area contributed by atoms with Gasteiger partial charge in [-0.15, -0.1) is 0 Å². The molecule has 1 aliphatic carbocycles. The Hall–Kier alpha value is -1.35. The average Bonchev–Trinajstić information content (AvgIpc) is 3.21. The van der Waals surface area contributed by atoms with Crippen molar-refractivity contribution in [2.75, 3.05) is 7.11 Å². The lowest BCUT2D eigenvalue weighted by atomic mass is 9.84. The Bertz CT molecular complexity index is 430. The Labute approximate surface area is 108 Å². The molecule has 0 aromatic heterocycles. The summed E-state index contributed by atoms with van der Waals surface area (Å²) in [5.74, 6) is 0.169. The fraction of sp³-hybridized carbons (Fsp3) is 0.533. The predicted octanol–water partition coefficient (Wildman–Crippen LogP) is 2.58. The molecule has 1 unspecified atom stereocenters. The van der Waals surface area contributed by atoms with Gasteiger partial charge in [-0.05, 0) is 43.7 Å². The van der Waals surface area contributed by atoms with Crippen LogP contribution in [-0.4, -0.2) is 18.2 Å². The molecule has 0 amide bonds. The predicted molar refractivity (Wildman–Crippen MR) is 69.2 cm³/mol. The second-order valence-corrected chi connectivity index (χ2v) is 5.52. The number of carbonyl (C=O) groups excluding carboxylic acids is 1. The van der Waals surface area contributed by atoms with Crippen molar-refractivity contribution in [3.8, 4) is 0 Å². The number of carbonyl (C=O) groups is 1. The minimum atomic E-state index is -0.655. The van der Waals surface area contributed by atoms with Gasteiger partial charge in [0, 0.05) is 0 Å². The monoisotopic (exact) mass is 248 g/mol. The molecule has 3 heteroatoms. The van der Waals surface area contributed by atoms with Gasteiger partial charge in [0.15, 0.2) is 0 Å². The van der Waals surface area contributed by atoms with E-state index < -0.39 is 5.41 Å². The van der Waals surface area contributed by atoms with Crippen molar-refractivity contribution in [1.82, 2.24) is 0 Å². The fourth-order valence-corrected chi connectivity index (χ4v) is 2.15. The highest BCUT2D eigenvalue weighted by atomic mass is 16.5. The Morgan fingerprint density at radius 3 is 2.33 bits per heavy atom. The molecular formula is C15H20O3. The van der Waals surface area contributed by atoms with Gasteiger partial charge < -0.3 is 9.84 Å². The highest BCUT2D eigenvalue weighted by molar-refractivity contribution is 5.82. The Kier molecular flexibility index (Phi) is 3.44. The topological polar surface area (TPSA) is 46.5 Å². The first-order chi connectivity index (χ1) is 8.46. The van der Waals surface area contributed by atoms with Crippen LogP contribution in [0.15, 0.2) is 24.3 Å². The van der Waals surface area contributed by atoms with E-state index in [0.29, 0.717) is 5.92 Å². The lowest BCUT2D eigenvalue weighted by Gasteiger charge is -2.22. The molecule has 1 fully saturated rings. The summed E-state index contributed by atoms with van der Waals surface area (Å²) in [5.41, 5.74) is 1.18. The molecule has 0 bridgehead atoms. The van der Waals surface area contributed by atoms with Crippen molar-refractivity contribution in [3.63, 3.8) is 0 Å². The van der Waals surface area contributed by atoms with Gasteiger partial charge in [0.05, 0.1) is 18.6 Å². The van der Waals surface area contributed by atoms with Crippen molar-refractivity contribution in [2.45, 2.75) is 38.2 Å². The second-order valence-electron chi connectivity index (χ2n) is 5.52. The number of aliphatic hydroxyl groups is 1. The van der Waals surface area contributed by atoms with Crippen molar-refractivity contribution in [2.24, 2.45) is 5.92 Å². The number of hydrogen-bond donors (Lipinski definition) is 1. The number of rotatable bonds is 4. The van der Waals surface area contributed by atoms with Crippen LogP contribution in [0.25, 0.3) is 0 Å². The highest BCUT2D eigenvalue weighted by Gasteiger charge is 2.33. The SMILES string of the molecule is COC(=O)C(C)(C)c1ccc(C(O)C2CC2)cc1. The summed E-state index contributed by atoms with van der Waals surface area (Å²) in [6.45, 7) is 3.68. The molecule has 3 nitrogen and oxygen atoms in total. The summed E-state index contributed by atoms with van der Waals surface area (Å²) in [6, 6.07) is 7.61. The van der Waals surface area contributed by atoms with E-state index in [-0.39, 0.29) is 12.1 Å². The first-order valence-electron chi connectivity index (χ1n) is 6.33. The van der Waals surface area contributed by atoms with Crippen LogP contribution in [-0.2, 0) is 14.9 Å². The molecule has 1 saturated carbocycles. The Morgan fingerprint density at radius 2 is 1.89 bits per heavy atom. The van der Waals surface area contributed by atoms with Gasteiger partial charge in [0.25, 0.3) is 0 Å². The van der Waals surface area contributed by atoms with E-state index in [2.05, 4.69) is 0 Å². The summed E-state index contributed by atoms with van der Waals surface area (Å²) in [6.07, 6.45) is 1.85. The van der Waals surface area contributed by atoms with E-state index in [1.165, 1.54) is 7.11 Å². The maximum absolute atomic E-state index is 11.7. The number of ether oxygens (including phenoxy) is 1. The first kappa shape index (κ1) is 13.1. The number of aliphatic hydroxyl groups excluding tert-OH is 1. The van der Waals surface area contributed by atoms with E-state index in [4.69, 9.17) is 4.74 Å². The minimum Gasteiger partial charge on any atom is -0.468 e. The molecule has 0 saturated heterocycles. The molecule has 1 aromatic carbocycles. The fourth-order valence-electron chi connectivity index (χ4n) is 2.15. The summed E-state index contributed by atoms with van der Waals surface area (Å²) in [4.78, 5) is 11.7. The van der Waals surface area contributed by atoms with E-state index in [1.54, 1.807) is 0 Å². The molecule has 98 valence electrons. The third-order valence-corrected chi connectivity index (χ3v) is 3.74. The lowest BCUT2D eigenvalue weighted by Crippen LogP contribution is -2.30. The highest BCUT2D eigenvalue weighted by Crippen LogP contribution is 2.41. The lowest BCUT2D eigenvalue weighted by molar-refractivity contribution is -0.146. The molecule has 0 radical (unpaired) electrons. The van der Waals surface area contributed by atoms with E-state index >= 15 is 0 Å². The minimum absolute atomic E-state index is 0.252. The molecule has 1 aliphatic rings.